The summed E-state index contributed by atoms with van der Waals surface area (Å²) in [7, 11) is 0. The molecule has 0 unspecified atom stereocenters. The van der Waals surface area contributed by atoms with E-state index in [1.165, 1.54) is 17.0 Å². The van der Waals surface area contributed by atoms with Crippen LogP contribution < -0.4 is 10.9 Å². The number of amides is 1. The van der Waals surface area contributed by atoms with E-state index in [4.69, 9.17) is 0 Å². The lowest BCUT2D eigenvalue weighted by Gasteiger charge is -2.07. The average Bonchev–Trinajstić information content (AvgIpc) is 2.89. The molecule has 2 aromatic heterocycles. The summed E-state index contributed by atoms with van der Waals surface area (Å²) in [6, 6.07) is 6.82. The number of aryl methyl sites for hydroxylation is 1. The van der Waals surface area contributed by atoms with Gasteiger partial charge in [-0.2, -0.15) is 5.10 Å². The highest BCUT2D eigenvalue weighted by Crippen LogP contribution is 2.16. The molecule has 0 bridgehead atoms. The molecule has 0 aliphatic carbocycles. The predicted octanol–water partition coefficient (Wildman–Crippen LogP) is 1.07. The zero-order chi connectivity index (χ0) is 14.8. The van der Waals surface area contributed by atoms with Crippen molar-refractivity contribution in [1.29, 1.82) is 0 Å². The molecule has 3 aromatic rings. The van der Waals surface area contributed by atoms with Crippen LogP contribution in [0, 0.1) is 6.92 Å². The second kappa shape index (κ2) is 5.20. The fraction of sp³-hybridized carbons (Fsp3) is 0.143. The van der Waals surface area contributed by atoms with Gasteiger partial charge >= 0.3 is 0 Å². The molecular formula is C14H13N5O2. The number of aromatic nitrogens is 4. The van der Waals surface area contributed by atoms with Gasteiger partial charge in [0.25, 0.3) is 5.56 Å². The number of benzene rings is 1. The van der Waals surface area contributed by atoms with Crippen molar-refractivity contribution in [3.05, 3.63) is 52.8 Å². The predicted molar refractivity (Wildman–Crippen MR) is 78.0 cm³/mol. The molecular weight excluding hydrogens is 270 g/mol. The fourth-order valence-corrected chi connectivity index (χ4v) is 2.01. The fourth-order valence-electron chi connectivity index (χ4n) is 2.01. The molecule has 2 N–H and O–H groups in total. The third-order valence-electron chi connectivity index (χ3n) is 3.06. The van der Waals surface area contributed by atoms with E-state index in [1.807, 2.05) is 6.07 Å². The summed E-state index contributed by atoms with van der Waals surface area (Å²) in [4.78, 5) is 27.7. The van der Waals surface area contributed by atoms with Crippen molar-refractivity contribution < 1.29 is 4.79 Å². The molecule has 0 spiro atoms. The number of H-pyrrole nitrogens is 1. The second-order valence-electron chi connectivity index (χ2n) is 4.72. The first-order valence-electron chi connectivity index (χ1n) is 6.38. The van der Waals surface area contributed by atoms with E-state index in [9.17, 15) is 9.59 Å². The van der Waals surface area contributed by atoms with Gasteiger partial charge in [0.05, 0.1) is 18.0 Å². The third kappa shape index (κ3) is 2.81. The van der Waals surface area contributed by atoms with E-state index in [-0.39, 0.29) is 18.0 Å². The second-order valence-corrected chi connectivity index (χ2v) is 4.72. The van der Waals surface area contributed by atoms with Crippen LogP contribution in [0.25, 0.3) is 10.9 Å². The molecule has 0 saturated heterocycles. The number of rotatable bonds is 3. The van der Waals surface area contributed by atoms with E-state index in [0.29, 0.717) is 11.4 Å². The van der Waals surface area contributed by atoms with Crippen LogP contribution in [0.2, 0.25) is 0 Å². The standard InChI is InChI=1S/C14H13N5O2/c1-9-4-14(21)19(8-15-9)7-13(20)17-11-3-2-10-6-16-18-12(10)5-11/h2-6,8H,7H2,1H3,(H,16,18)(H,17,20). The topological polar surface area (TPSA) is 92.7 Å². The first-order valence-corrected chi connectivity index (χ1v) is 6.38. The Morgan fingerprint density at radius 3 is 3.05 bits per heavy atom. The van der Waals surface area contributed by atoms with Crippen molar-refractivity contribution >= 4 is 22.5 Å². The Kier molecular flexibility index (Phi) is 3.23. The van der Waals surface area contributed by atoms with Crippen LogP contribution in [0.3, 0.4) is 0 Å². The summed E-state index contributed by atoms with van der Waals surface area (Å²) >= 11 is 0. The molecule has 0 atom stereocenters. The summed E-state index contributed by atoms with van der Waals surface area (Å²) in [5.74, 6) is -0.290. The molecule has 21 heavy (non-hydrogen) atoms. The van der Waals surface area contributed by atoms with Crippen LogP contribution in [-0.2, 0) is 11.3 Å². The first kappa shape index (κ1) is 13.0. The van der Waals surface area contributed by atoms with Gasteiger partial charge in [0.1, 0.15) is 6.54 Å². The maximum Gasteiger partial charge on any atom is 0.253 e. The molecule has 106 valence electrons. The van der Waals surface area contributed by atoms with Gasteiger partial charge < -0.3 is 5.32 Å². The molecule has 1 aromatic carbocycles. The van der Waals surface area contributed by atoms with Gasteiger partial charge in [-0.3, -0.25) is 19.3 Å². The monoisotopic (exact) mass is 283 g/mol. The maximum absolute atomic E-state index is 12.0. The number of fused-ring (bicyclic) bond motifs is 1. The molecule has 7 nitrogen and oxygen atoms in total. The van der Waals surface area contributed by atoms with Crippen molar-refractivity contribution in [2.24, 2.45) is 0 Å². The van der Waals surface area contributed by atoms with Crippen molar-refractivity contribution in [3.63, 3.8) is 0 Å². The summed E-state index contributed by atoms with van der Waals surface area (Å²) in [6.45, 7) is 1.65. The van der Waals surface area contributed by atoms with Gasteiger partial charge in [-0.05, 0) is 25.1 Å². The lowest BCUT2D eigenvalue weighted by Crippen LogP contribution is -2.27. The molecule has 2 heterocycles. The van der Waals surface area contributed by atoms with Crippen LogP contribution in [0.4, 0.5) is 5.69 Å². The van der Waals surface area contributed by atoms with E-state index in [2.05, 4.69) is 20.5 Å². The molecule has 7 heteroatoms. The Hall–Kier alpha value is -2.96. The Morgan fingerprint density at radius 1 is 1.38 bits per heavy atom. The van der Waals surface area contributed by atoms with Gasteiger partial charge in [-0.1, -0.05) is 0 Å². The lowest BCUT2D eigenvalue weighted by atomic mass is 10.2. The number of carbonyl (C=O) groups is 1. The molecule has 3 rings (SSSR count). The first-order chi connectivity index (χ1) is 10.1. The van der Waals surface area contributed by atoms with Crippen LogP contribution in [-0.4, -0.2) is 25.7 Å². The zero-order valence-corrected chi connectivity index (χ0v) is 11.3. The summed E-state index contributed by atoms with van der Waals surface area (Å²) < 4.78 is 1.26. The van der Waals surface area contributed by atoms with E-state index in [0.717, 1.165) is 10.9 Å². The highest BCUT2D eigenvalue weighted by Gasteiger charge is 2.06. The highest BCUT2D eigenvalue weighted by atomic mass is 16.2. The van der Waals surface area contributed by atoms with Crippen molar-refractivity contribution in [2.75, 3.05) is 5.32 Å². The molecule has 1 amide bonds. The van der Waals surface area contributed by atoms with E-state index >= 15 is 0 Å². The van der Waals surface area contributed by atoms with Gasteiger partial charge in [-0.15, -0.1) is 0 Å². The molecule has 0 aliphatic heterocycles. The average molecular weight is 283 g/mol. The van der Waals surface area contributed by atoms with Crippen LogP contribution >= 0.6 is 0 Å². The normalized spacial score (nSPS) is 10.7. The molecule has 0 fully saturated rings. The summed E-state index contributed by atoms with van der Waals surface area (Å²) in [5, 5.41) is 10.5. The quantitative estimate of drug-likeness (QED) is 0.752. The summed E-state index contributed by atoms with van der Waals surface area (Å²) in [6.07, 6.45) is 3.08. The summed E-state index contributed by atoms with van der Waals surface area (Å²) in [5.41, 5.74) is 1.86. The highest BCUT2D eigenvalue weighted by molar-refractivity contribution is 5.93. The van der Waals surface area contributed by atoms with Crippen molar-refractivity contribution in [3.8, 4) is 0 Å². The van der Waals surface area contributed by atoms with Crippen molar-refractivity contribution in [2.45, 2.75) is 13.5 Å². The molecule has 0 aliphatic rings. The van der Waals surface area contributed by atoms with Gasteiger partial charge in [-0.25, -0.2) is 4.98 Å². The number of carbonyl (C=O) groups excluding carboxylic acids is 1. The van der Waals surface area contributed by atoms with Crippen LogP contribution in [0.5, 0.6) is 0 Å². The zero-order valence-electron chi connectivity index (χ0n) is 11.3. The van der Waals surface area contributed by atoms with Crippen LogP contribution in [0.1, 0.15) is 5.69 Å². The van der Waals surface area contributed by atoms with E-state index < -0.39 is 0 Å². The Bertz CT molecular complexity index is 865. The van der Waals surface area contributed by atoms with Crippen molar-refractivity contribution in [1.82, 2.24) is 19.7 Å². The SMILES string of the molecule is Cc1cc(=O)n(CC(=O)Nc2ccc3cn[nH]c3c2)cn1. The lowest BCUT2D eigenvalue weighted by molar-refractivity contribution is -0.116. The largest absolute Gasteiger partial charge is 0.324 e. The molecule has 0 saturated carbocycles. The smallest absolute Gasteiger partial charge is 0.253 e. The molecule has 0 radical (unpaired) electrons. The number of aromatic amines is 1. The minimum atomic E-state index is -0.290. The number of anilines is 1. The van der Waals surface area contributed by atoms with Gasteiger partial charge in [0, 0.05) is 22.8 Å². The number of hydrogen-bond acceptors (Lipinski definition) is 4. The van der Waals surface area contributed by atoms with Gasteiger partial charge in [0.2, 0.25) is 5.91 Å². The van der Waals surface area contributed by atoms with E-state index in [1.54, 1.807) is 25.3 Å². The minimum Gasteiger partial charge on any atom is -0.324 e. The van der Waals surface area contributed by atoms with Crippen LogP contribution in [0.15, 0.2) is 41.6 Å². The van der Waals surface area contributed by atoms with Gasteiger partial charge in [0.15, 0.2) is 0 Å². The Balaban J connectivity index is 1.75. The Labute approximate surface area is 119 Å². The maximum atomic E-state index is 12.0. The third-order valence-corrected chi connectivity index (χ3v) is 3.06. The number of hydrogen-bond donors (Lipinski definition) is 2. The number of nitrogens with one attached hydrogen (secondary N) is 2. The minimum absolute atomic E-state index is 0.0763. The number of nitrogens with zero attached hydrogens (tertiary/aromatic N) is 3. The Morgan fingerprint density at radius 2 is 2.24 bits per heavy atom.